The smallest absolute Gasteiger partial charge is 0.175 e. The van der Waals surface area contributed by atoms with Crippen LogP contribution < -0.4 is 14.8 Å². The number of hydrogen-bond acceptors (Lipinski definition) is 4. The summed E-state index contributed by atoms with van der Waals surface area (Å²) in [7, 11) is 0. The topological polar surface area (TPSA) is 33.7 Å². The Morgan fingerprint density at radius 1 is 0.931 bits per heavy atom. The van der Waals surface area contributed by atoms with E-state index < -0.39 is 0 Å². The van der Waals surface area contributed by atoms with E-state index in [9.17, 15) is 0 Å². The minimum atomic E-state index is 0. The second-order valence-corrected chi connectivity index (χ2v) is 7.17. The minimum Gasteiger partial charge on any atom is -0.490 e. The molecular weight excluding hydrogens is 475 g/mol. The van der Waals surface area contributed by atoms with Gasteiger partial charge < -0.3 is 19.7 Å². The maximum absolute atomic E-state index is 6.05. The van der Waals surface area contributed by atoms with Gasteiger partial charge in [-0.1, -0.05) is 44.2 Å². The number of hydrogen-bond donors (Lipinski definition) is 1. The van der Waals surface area contributed by atoms with E-state index in [1.807, 2.05) is 25.1 Å². The molecule has 0 atom stereocenters. The Balaban J connectivity index is 0.00000392. The molecule has 0 radical (unpaired) electrons. The van der Waals surface area contributed by atoms with Crippen LogP contribution in [0.5, 0.6) is 11.5 Å². The zero-order valence-electron chi connectivity index (χ0n) is 17.4. The molecule has 7 heteroatoms. The highest BCUT2D eigenvalue weighted by Gasteiger charge is 2.13. The van der Waals surface area contributed by atoms with Gasteiger partial charge in [0.15, 0.2) is 11.5 Å². The molecule has 0 bridgehead atoms. The first kappa shape index (κ1) is 28.0. The molecule has 164 valence electrons. The molecule has 0 unspecified atom stereocenters. The van der Waals surface area contributed by atoms with Crippen molar-refractivity contribution in [2.45, 2.75) is 33.9 Å². The van der Waals surface area contributed by atoms with Crippen molar-refractivity contribution in [2.24, 2.45) is 0 Å². The normalized spacial score (nSPS) is 10.2. The molecule has 4 nitrogen and oxygen atoms in total. The molecule has 29 heavy (non-hydrogen) atoms. The van der Waals surface area contributed by atoms with Gasteiger partial charge >= 0.3 is 0 Å². The summed E-state index contributed by atoms with van der Waals surface area (Å²) in [5, 5.41) is 3.52. The molecule has 1 N–H and O–H groups in total. The van der Waals surface area contributed by atoms with E-state index in [2.05, 4.69) is 64.3 Å². The van der Waals surface area contributed by atoms with Crippen LogP contribution in [-0.2, 0) is 13.2 Å². The van der Waals surface area contributed by atoms with Crippen LogP contribution in [-0.4, -0.2) is 37.7 Å². The lowest BCUT2D eigenvalue weighted by Crippen LogP contribution is -2.31. The highest BCUT2D eigenvalue weighted by atomic mass is 79.9. The number of likely N-dealkylation sites (N-methyl/N-ethyl adjacent to an activating group) is 1. The molecule has 0 aromatic heterocycles. The highest BCUT2D eigenvalue weighted by Crippen LogP contribution is 2.37. The van der Waals surface area contributed by atoms with Crippen molar-refractivity contribution in [3.63, 3.8) is 0 Å². The Kier molecular flexibility index (Phi) is 15.3. The van der Waals surface area contributed by atoms with Gasteiger partial charge in [0.1, 0.15) is 6.61 Å². The highest BCUT2D eigenvalue weighted by molar-refractivity contribution is 9.10. The largest absolute Gasteiger partial charge is 0.490 e. The van der Waals surface area contributed by atoms with Crippen LogP contribution in [0.1, 0.15) is 31.9 Å². The first-order chi connectivity index (χ1) is 13.2. The maximum atomic E-state index is 6.05. The SMILES string of the molecule is CCOc1cc(CNCCN(CC)CC)cc(Br)c1OCc1ccccc1.Cl.Cl. The number of ether oxygens (including phenoxy) is 2. The summed E-state index contributed by atoms with van der Waals surface area (Å²) in [5.41, 5.74) is 2.31. The standard InChI is InChI=1S/C22H31BrN2O2.2ClH/c1-4-25(5-2)13-12-24-16-19-14-20(23)22(21(15-19)26-6-3)27-17-18-10-8-7-9-11-18;;/h7-11,14-15,24H,4-6,12-13,16-17H2,1-3H3;2*1H. The van der Waals surface area contributed by atoms with Crippen LogP contribution in [0.15, 0.2) is 46.9 Å². The lowest BCUT2D eigenvalue weighted by molar-refractivity contribution is 0.267. The third-order valence-electron chi connectivity index (χ3n) is 4.42. The molecule has 2 aromatic rings. The molecular formula is C22H33BrCl2N2O2. The van der Waals surface area contributed by atoms with Crippen LogP contribution in [0.3, 0.4) is 0 Å². The van der Waals surface area contributed by atoms with E-state index in [0.717, 1.165) is 54.3 Å². The first-order valence-electron chi connectivity index (χ1n) is 9.72. The van der Waals surface area contributed by atoms with Gasteiger partial charge in [-0.2, -0.15) is 0 Å². The number of nitrogens with one attached hydrogen (secondary N) is 1. The lowest BCUT2D eigenvalue weighted by Gasteiger charge is -2.18. The molecule has 0 fully saturated rings. The monoisotopic (exact) mass is 506 g/mol. The fourth-order valence-electron chi connectivity index (χ4n) is 2.87. The minimum absolute atomic E-state index is 0. The second-order valence-electron chi connectivity index (χ2n) is 6.32. The summed E-state index contributed by atoms with van der Waals surface area (Å²) >= 11 is 3.66. The van der Waals surface area contributed by atoms with Gasteiger partial charge in [-0.15, -0.1) is 24.8 Å². The molecule has 2 aromatic carbocycles. The fraction of sp³-hybridized carbons (Fsp3) is 0.455. The second kappa shape index (κ2) is 15.8. The van der Waals surface area contributed by atoms with E-state index in [4.69, 9.17) is 9.47 Å². The Bertz CT molecular complexity index is 686. The van der Waals surface area contributed by atoms with Crippen molar-refractivity contribution in [3.8, 4) is 11.5 Å². The van der Waals surface area contributed by atoms with Gasteiger partial charge in [-0.3, -0.25) is 0 Å². The molecule has 0 spiro atoms. The first-order valence-corrected chi connectivity index (χ1v) is 10.5. The molecule has 0 aliphatic carbocycles. The third-order valence-corrected chi connectivity index (χ3v) is 5.01. The maximum Gasteiger partial charge on any atom is 0.175 e. The Morgan fingerprint density at radius 2 is 1.62 bits per heavy atom. The van der Waals surface area contributed by atoms with Gasteiger partial charge in [-0.25, -0.2) is 0 Å². The Morgan fingerprint density at radius 3 is 2.24 bits per heavy atom. The summed E-state index contributed by atoms with van der Waals surface area (Å²) in [6.07, 6.45) is 0. The van der Waals surface area contributed by atoms with E-state index >= 15 is 0 Å². The number of rotatable bonds is 12. The predicted molar refractivity (Wildman–Crippen MR) is 130 cm³/mol. The summed E-state index contributed by atoms with van der Waals surface area (Å²) in [6.45, 7) is 12.5. The molecule has 2 rings (SSSR count). The molecule has 0 heterocycles. The van der Waals surface area contributed by atoms with Gasteiger partial charge in [0, 0.05) is 19.6 Å². The molecule has 0 saturated heterocycles. The summed E-state index contributed by atoms with van der Waals surface area (Å²) < 4.78 is 12.8. The number of halogens is 3. The van der Waals surface area contributed by atoms with Crippen LogP contribution in [0.4, 0.5) is 0 Å². The molecule has 0 aliphatic heterocycles. The van der Waals surface area contributed by atoms with Crippen molar-refractivity contribution in [2.75, 3.05) is 32.8 Å². The van der Waals surface area contributed by atoms with E-state index in [1.165, 1.54) is 5.56 Å². The predicted octanol–water partition coefficient (Wildman–Crippen LogP) is 5.70. The van der Waals surface area contributed by atoms with E-state index in [1.54, 1.807) is 0 Å². The van der Waals surface area contributed by atoms with Crippen molar-refractivity contribution >= 4 is 40.7 Å². The lowest BCUT2D eigenvalue weighted by atomic mass is 10.2. The van der Waals surface area contributed by atoms with E-state index in [0.29, 0.717) is 13.2 Å². The fourth-order valence-corrected chi connectivity index (χ4v) is 3.47. The van der Waals surface area contributed by atoms with Gasteiger partial charge in [-0.05, 0) is 59.2 Å². The van der Waals surface area contributed by atoms with Gasteiger partial charge in [0.25, 0.3) is 0 Å². The van der Waals surface area contributed by atoms with Crippen molar-refractivity contribution in [1.82, 2.24) is 10.2 Å². The van der Waals surface area contributed by atoms with Crippen molar-refractivity contribution < 1.29 is 9.47 Å². The van der Waals surface area contributed by atoms with Crippen LogP contribution in [0.25, 0.3) is 0 Å². The van der Waals surface area contributed by atoms with Gasteiger partial charge in [0.2, 0.25) is 0 Å². The average Bonchev–Trinajstić information content (AvgIpc) is 2.68. The number of nitrogens with zero attached hydrogens (tertiary/aromatic N) is 1. The quantitative estimate of drug-likeness (QED) is 0.373. The zero-order valence-corrected chi connectivity index (χ0v) is 20.7. The van der Waals surface area contributed by atoms with Crippen LogP contribution >= 0.6 is 40.7 Å². The van der Waals surface area contributed by atoms with Crippen LogP contribution in [0, 0.1) is 0 Å². The summed E-state index contributed by atoms with van der Waals surface area (Å²) in [4.78, 5) is 2.41. The molecule has 0 aliphatic rings. The van der Waals surface area contributed by atoms with Crippen LogP contribution in [0.2, 0.25) is 0 Å². The Hall–Kier alpha value is -0.980. The van der Waals surface area contributed by atoms with E-state index in [-0.39, 0.29) is 24.8 Å². The Labute approximate surface area is 196 Å². The third kappa shape index (κ3) is 9.58. The van der Waals surface area contributed by atoms with Crippen molar-refractivity contribution in [1.29, 1.82) is 0 Å². The average molecular weight is 508 g/mol. The van der Waals surface area contributed by atoms with Gasteiger partial charge in [0.05, 0.1) is 11.1 Å². The number of benzene rings is 2. The summed E-state index contributed by atoms with van der Waals surface area (Å²) in [5.74, 6) is 1.54. The molecule has 0 saturated carbocycles. The zero-order chi connectivity index (χ0) is 19.5. The molecule has 0 amide bonds. The van der Waals surface area contributed by atoms with Crippen molar-refractivity contribution in [3.05, 3.63) is 58.1 Å². The summed E-state index contributed by atoms with van der Waals surface area (Å²) in [6, 6.07) is 14.3.